The summed E-state index contributed by atoms with van der Waals surface area (Å²) in [5.41, 5.74) is 21.7. The number of benzene rings is 12. The van der Waals surface area contributed by atoms with Gasteiger partial charge in [-0.05, 0) is 111 Å². The van der Waals surface area contributed by atoms with Gasteiger partial charge in [0.05, 0.1) is 41.5 Å². The Labute approximate surface area is 668 Å². The van der Waals surface area contributed by atoms with Crippen LogP contribution in [0.1, 0.15) is 59.4 Å². The molecule has 0 fully saturated rings. The minimum Gasteiger partial charge on any atom is -0.275 e. The summed E-state index contributed by atoms with van der Waals surface area (Å²) >= 11 is 6.31. The van der Waals surface area contributed by atoms with Crippen molar-refractivity contribution in [2.75, 3.05) is 0 Å². The van der Waals surface area contributed by atoms with E-state index in [9.17, 15) is 0 Å². The Bertz CT molecular complexity index is 4580. The van der Waals surface area contributed by atoms with Crippen LogP contribution in [0.4, 0.5) is 0 Å². The van der Waals surface area contributed by atoms with Crippen molar-refractivity contribution in [1.29, 1.82) is 0 Å². The van der Waals surface area contributed by atoms with Crippen LogP contribution in [0.15, 0.2) is 303 Å². The Morgan fingerprint density at radius 3 is 0.847 bits per heavy atom. The van der Waals surface area contributed by atoms with E-state index in [1.165, 1.54) is 104 Å². The van der Waals surface area contributed by atoms with Gasteiger partial charge in [0.2, 0.25) is 0 Å². The second kappa shape index (κ2) is 36.6. The van der Waals surface area contributed by atoms with Crippen LogP contribution in [-0.2, 0) is 33.0 Å². The second-order valence-electron chi connectivity index (χ2n) is 21.3. The van der Waals surface area contributed by atoms with Crippen molar-refractivity contribution in [3.63, 3.8) is 0 Å². The molecule has 4 aromatic heterocycles. The number of aromatic nitrogens is 4. The fourth-order valence-electron chi connectivity index (χ4n) is 11.3. The molecule has 0 aliphatic rings. The third-order valence-electron chi connectivity index (χ3n) is 15.3. The van der Waals surface area contributed by atoms with E-state index in [4.69, 9.17) is 57.6 Å². The van der Waals surface area contributed by atoms with Gasteiger partial charge in [0.25, 0.3) is 0 Å². The van der Waals surface area contributed by atoms with Gasteiger partial charge in [0.15, 0.2) is 0 Å². The van der Waals surface area contributed by atoms with Gasteiger partial charge in [0.1, 0.15) is 10.0 Å². The summed E-state index contributed by atoms with van der Waals surface area (Å²) < 4.78 is 4.73. The van der Waals surface area contributed by atoms with E-state index in [1.54, 1.807) is 45.3 Å². The molecular weight excluding hydrogens is 1780 g/mol. The van der Waals surface area contributed by atoms with E-state index in [2.05, 4.69) is 291 Å². The first-order valence-electron chi connectivity index (χ1n) is 30.5. The minimum atomic E-state index is -3.06. The summed E-state index contributed by atoms with van der Waals surface area (Å²) in [4.78, 5) is 19.9. The number of fused-ring (bicyclic) bond motifs is 4. The predicted octanol–water partition coefficient (Wildman–Crippen LogP) is 25.4. The van der Waals surface area contributed by atoms with Crippen LogP contribution in [0.3, 0.4) is 0 Å². The van der Waals surface area contributed by atoms with Gasteiger partial charge in [-0.2, -0.15) is 22.7 Å². The molecule has 0 unspecified atom stereocenters. The molecule has 4 heterocycles. The first-order chi connectivity index (χ1) is 46.6. The van der Waals surface area contributed by atoms with E-state index >= 15 is 0 Å². The zero-order valence-corrected chi connectivity index (χ0v) is 68.5. The largest absolute Gasteiger partial charge is 2.00 e. The third-order valence-corrected chi connectivity index (χ3v) is 19.6. The standard InChI is InChI=1S/C40H26N2S2.C40H24N2S2.2CH4.4ClH.2K.2Pt/c2*1-3-13-27(14-4-1)37(28-15-5-2-6-16-28)38(29-17-11-19-31(25-29)39-41-33-21-7-9-23-35(33)43-39)30-18-12-20-32(26-30)40-42-34-22-8-10-24-36(34)44-40;;;;;;;;;;/h1-26H;1-24H;2*1H4;4*1H;;;;/q;-2;;;;;;;;;+2;+4/p-4. The summed E-state index contributed by atoms with van der Waals surface area (Å²) in [5.74, 6) is 0. The molecule has 98 heavy (non-hydrogen) atoms. The van der Waals surface area contributed by atoms with Crippen LogP contribution in [-0.4, -0.2) is 83.1 Å². The maximum atomic E-state index is 5.01. The molecule has 16 aromatic rings. The summed E-state index contributed by atoms with van der Waals surface area (Å²) in [6.07, 6.45) is 0. The fraction of sp³-hybridized carbons (Fsp3) is 0.0244. The quantitative estimate of drug-likeness (QED) is 0.0695. The van der Waals surface area contributed by atoms with Gasteiger partial charge in [-0.25, -0.2) is 9.97 Å². The number of hydrogen-bond donors (Lipinski definition) is 0. The first kappa shape index (κ1) is 76.1. The molecule has 0 saturated heterocycles. The van der Waals surface area contributed by atoms with Gasteiger partial charge in [-0.1, -0.05) is 238 Å². The SMILES string of the molecule is C.C.[Cl][Pt]([Cl])([Cl])[Cl].[K][K].[Pt+2].[c-]1c(C(=C(c2ccccc2)c2ccccc2)c2[c-]c(-c3nc4ccccc4s3)ccc2)cccc1-c1nc2ccccc2s1.c1ccc(C(=C(c2cccc(-c3nc4ccccc4s3)c2)c2cccc(-c3nc4ccccc4s3)c2)c2ccccc2)cc1. The molecule has 0 saturated carbocycles. The molecule has 0 aliphatic carbocycles. The Balaban J connectivity index is 0.000000189. The molecule has 0 amide bonds. The summed E-state index contributed by atoms with van der Waals surface area (Å²) in [5, 5.41) is 3.97. The molecular formula is C82H58Cl4K2N4Pt2S4. The minimum absolute atomic E-state index is 0. The molecule has 4 nitrogen and oxygen atoms in total. The van der Waals surface area contributed by atoms with Crippen molar-refractivity contribution in [1.82, 2.24) is 19.9 Å². The van der Waals surface area contributed by atoms with Gasteiger partial charge in [0, 0.05) is 20.5 Å². The molecule has 0 atom stereocenters. The first-order valence-corrected chi connectivity index (χ1v) is 61.0. The van der Waals surface area contributed by atoms with Gasteiger partial charge >= 0.3 is 134 Å². The molecule has 0 N–H and O–H groups in total. The van der Waals surface area contributed by atoms with Crippen LogP contribution < -0.4 is 0 Å². The zero-order valence-electron chi connectivity index (χ0n) is 51.4. The Kier molecular flexibility index (Phi) is 28.4. The molecule has 0 bridgehead atoms. The van der Waals surface area contributed by atoms with Crippen LogP contribution in [0.2, 0.25) is 0 Å². The Hall–Kier alpha value is -4.51. The molecule has 0 aliphatic heterocycles. The van der Waals surface area contributed by atoms with Crippen molar-refractivity contribution in [3.05, 3.63) is 360 Å². The van der Waals surface area contributed by atoms with Crippen molar-refractivity contribution in [2.45, 2.75) is 14.9 Å². The second-order valence-corrected chi connectivity index (χ2v) is 45.1. The van der Waals surface area contributed by atoms with Gasteiger partial charge in [-0.15, -0.1) is 82.3 Å². The van der Waals surface area contributed by atoms with Crippen molar-refractivity contribution < 1.29 is 33.0 Å². The van der Waals surface area contributed by atoms with E-state index in [1.807, 2.05) is 24.3 Å². The number of thiazole rings is 4. The fourth-order valence-corrected chi connectivity index (χ4v) is 15.1. The Morgan fingerprint density at radius 2 is 0.531 bits per heavy atom. The topological polar surface area (TPSA) is 51.6 Å². The van der Waals surface area contributed by atoms with Gasteiger partial charge < -0.3 is 0 Å². The molecule has 16 heteroatoms. The number of rotatable bonds is 12. The maximum absolute atomic E-state index is 5.01. The molecule has 0 radical (unpaired) electrons. The van der Waals surface area contributed by atoms with Crippen LogP contribution >= 0.6 is 83.0 Å². The maximum Gasteiger partial charge on any atom is 2.00 e. The van der Waals surface area contributed by atoms with E-state index in [0.29, 0.717) is 0 Å². The van der Waals surface area contributed by atoms with Crippen LogP contribution in [0, 0.1) is 12.1 Å². The average molecular weight is 1840 g/mol. The van der Waals surface area contributed by atoms with E-state index in [0.717, 1.165) is 109 Å². The van der Waals surface area contributed by atoms with E-state index in [-0.39, 0.29) is 35.9 Å². The van der Waals surface area contributed by atoms with Gasteiger partial charge in [-0.3, -0.25) is 9.97 Å². The smallest absolute Gasteiger partial charge is 0.275 e. The number of para-hydroxylation sites is 4. The van der Waals surface area contributed by atoms with Crippen LogP contribution in [0.5, 0.6) is 0 Å². The molecule has 0 spiro atoms. The average Bonchev–Trinajstić information content (AvgIpc) is 0.987. The van der Waals surface area contributed by atoms with Crippen molar-refractivity contribution in [3.8, 4) is 42.3 Å². The summed E-state index contributed by atoms with van der Waals surface area (Å²) in [7, 11) is 20.0. The summed E-state index contributed by atoms with van der Waals surface area (Å²) in [6, 6.07) is 114. The number of halogens is 4. The third kappa shape index (κ3) is 18.8. The zero-order chi connectivity index (χ0) is 65.1. The van der Waals surface area contributed by atoms with E-state index < -0.39 is 11.9 Å². The molecule has 16 rings (SSSR count). The monoisotopic (exact) mass is 1830 g/mol. The normalized spacial score (nSPS) is 10.9. The summed E-state index contributed by atoms with van der Waals surface area (Å²) in [6.45, 7) is 0. The Morgan fingerprint density at radius 1 is 0.286 bits per heavy atom. The van der Waals surface area contributed by atoms with Crippen LogP contribution in [0.25, 0.3) is 105 Å². The predicted molar refractivity (Wildman–Crippen MR) is 422 cm³/mol. The number of hydrogen-bond acceptors (Lipinski definition) is 8. The molecule has 480 valence electrons. The van der Waals surface area contributed by atoms with Crippen molar-refractivity contribution in [2.24, 2.45) is 0 Å². The number of nitrogens with zero attached hydrogens (tertiary/aromatic N) is 4. The van der Waals surface area contributed by atoms with Crippen molar-refractivity contribution >= 4 is 209 Å². The molecule has 12 aromatic carbocycles.